The van der Waals surface area contributed by atoms with Crippen molar-refractivity contribution < 1.29 is 18.7 Å². The molecule has 0 radical (unpaired) electrons. The molecule has 0 saturated heterocycles. The number of hydrogen-bond donors (Lipinski definition) is 1. The summed E-state index contributed by atoms with van der Waals surface area (Å²) in [4.78, 5) is 30.6. The average Bonchev–Trinajstić information content (AvgIpc) is 3.47. The van der Waals surface area contributed by atoms with Crippen molar-refractivity contribution in [1.29, 1.82) is 0 Å². The number of imidazole rings is 1. The third-order valence-electron chi connectivity index (χ3n) is 6.84. The Morgan fingerprint density at radius 1 is 1.14 bits per heavy atom. The number of hydrogen-bond acceptors (Lipinski definition) is 5. The molecule has 1 aliphatic carbocycles. The molecule has 0 unspecified atom stereocenters. The Bertz CT molecular complexity index is 1390. The number of rotatable bonds is 7. The minimum absolute atomic E-state index is 0.0547. The summed E-state index contributed by atoms with van der Waals surface area (Å²) < 4.78 is 20.3. The Labute approximate surface area is 223 Å². The lowest BCUT2D eigenvalue weighted by atomic mass is 9.77. The van der Waals surface area contributed by atoms with E-state index in [1.54, 1.807) is 6.20 Å². The number of benzene rings is 2. The summed E-state index contributed by atoms with van der Waals surface area (Å²) >= 11 is 7.30. The first kappa shape index (κ1) is 25.4. The van der Waals surface area contributed by atoms with Crippen molar-refractivity contribution in [3.63, 3.8) is 0 Å². The lowest BCUT2D eigenvalue weighted by Gasteiger charge is -2.28. The lowest BCUT2D eigenvalue weighted by Crippen LogP contribution is -2.17. The number of anilines is 1. The van der Waals surface area contributed by atoms with Gasteiger partial charge in [-0.15, -0.1) is 0 Å². The zero-order valence-corrected chi connectivity index (χ0v) is 21.9. The number of fused-ring (bicyclic) bond motifs is 1. The molecule has 1 fully saturated rings. The van der Waals surface area contributed by atoms with E-state index in [4.69, 9.17) is 16.3 Å². The lowest BCUT2D eigenvalue weighted by molar-refractivity contribution is -0.144. The number of carbonyl (C=O) groups excluding carboxylic acids is 2. The molecule has 37 heavy (non-hydrogen) atoms. The summed E-state index contributed by atoms with van der Waals surface area (Å²) in [6, 6.07) is 12.7. The van der Waals surface area contributed by atoms with Crippen LogP contribution in [0.4, 0.5) is 10.1 Å². The second-order valence-corrected chi connectivity index (χ2v) is 10.8. The summed E-state index contributed by atoms with van der Waals surface area (Å²) in [5, 5.41) is 2.64. The Kier molecular flexibility index (Phi) is 7.58. The van der Waals surface area contributed by atoms with Gasteiger partial charge in [0, 0.05) is 24.5 Å². The van der Waals surface area contributed by atoms with Crippen LogP contribution in [0.5, 0.6) is 0 Å². The van der Waals surface area contributed by atoms with E-state index in [9.17, 15) is 14.0 Å². The molecule has 0 aliphatic heterocycles. The summed E-state index contributed by atoms with van der Waals surface area (Å²) in [6.07, 6.45) is 8.46. The number of nitrogens with one attached hydrogen (secondary N) is 1. The first-order valence-electron chi connectivity index (χ1n) is 12.4. The van der Waals surface area contributed by atoms with Crippen LogP contribution in [0.1, 0.15) is 61.0 Å². The molecular formula is C28H27ClFN3O3S. The molecule has 192 valence electrons. The van der Waals surface area contributed by atoms with Gasteiger partial charge in [-0.3, -0.25) is 14.0 Å². The van der Waals surface area contributed by atoms with Gasteiger partial charge in [-0.1, -0.05) is 47.2 Å². The number of thiazole rings is 1. The highest BCUT2D eigenvalue weighted by atomic mass is 35.5. The van der Waals surface area contributed by atoms with E-state index < -0.39 is 5.82 Å². The Morgan fingerprint density at radius 2 is 1.89 bits per heavy atom. The number of esters is 1. The van der Waals surface area contributed by atoms with Crippen LogP contribution in [0.2, 0.25) is 5.02 Å². The largest absolute Gasteiger partial charge is 0.466 e. The molecule has 1 aliphatic rings. The van der Waals surface area contributed by atoms with Gasteiger partial charge in [-0.05, 0) is 73.8 Å². The highest BCUT2D eigenvalue weighted by Crippen LogP contribution is 2.38. The van der Waals surface area contributed by atoms with Crippen molar-refractivity contribution in [2.24, 2.45) is 5.92 Å². The molecule has 0 bridgehead atoms. The molecule has 1 amide bonds. The van der Waals surface area contributed by atoms with Crippen LogP contribution in [-0.2, 0) is 9.53 Å². The minimum atomic E-state index is -0.541. The Hall–Kier alpha value is -3.23. The van der Waals surface area contributed by atoms with E-state index in [0.717, 1.165) is 36.1 Å². The van der Waals surface area contributed by atoms with Crippen molar-refractivity contribution in [3.8, 4) is 10.4 Å². The molecule has 0 atom stereocenters. The van der Waals surface area contributed by atoms with Gasteiger partial charge in [0.1, 0.15) is 11.5 Å². The van der Waals surface area contributed by atoms with Gasteiger partial charge in [0.05, 0.1) is 16.5 Å². The summed E-state index contributed by atoms with van der Waals surface area (Å²) in [6.45, 7) is 2.29. The van der Waals surface area contributed by atoms with Crippen LogP contribution < -0.4 is 5.32 Å². The van der Waals surface area contributed by atoms with Crippen molar-refractivity contribution in [1.82, 2.24) is 9.38 Å². The zero-order chi connectivity index (χ0) is 25.9. The van der Waals surface area contributed by atoms with Crippen molar-refractivity contribution in [2.45, 2.75) is 44.9 Å². The number of amides is 1. The number of nitrogens with zero attached hydrogens (tertiary/aromatic N) is 2. The first-order chi connectivity index (χ1) is 17.9. The number of ether oxygens (including phenoxy) is 1. The molecule has 1 saturated carbocycles. The molecule has 6 nitrogen and oxygen atoms in total. The quantitative estimate of drug-likeness (QED) is 0.249. The van der Waals surface area contributed by atoms with Crippen molar-refractivity contribution >= 4 is 45.5 Å². The van der Waals surface area contributed by atoms with Gasteiger partial charge < -0.3 is 10.1 Å². The normalized spacial score (nSPS) is 17.6. The molecule has 9 heteroatoms. The monoisotopic (exact) mass is 539 g/mol. The van der Waals surface area contributed by atoms with Crippen LogP contribution >= 0.6 is 22.9 Å². The van der Waals surface area contributed by atoms with Crippen LogP contribution in [-0.4, -0.2) is 27.9 Å². The number of halogens is 2. The second kappa shape index (κ2) is 11.0. The van der Waals surface area contributed by atoms with E-state index in [2.05, 4.69) is 34.6 Å². The predicted octanol–water partition coefficient (Wildman–Crippen LogP) is 7.33. The Balaban J connectivity index is 1.21. The van der Waals surface area contributed by atoms with E-state index in [0.29, 0.717) is 35.5 Å². The number of carbonyl (C=O) groups is 2. The standard InChI is InChI=1S/C28H27ClFN3O3S/c1-2-36-26(34)13-17-3-5-18(6-4-17)19-7-9-20(10-8-19)25-16-33-15-24(32-28(33)37-25)27(35)31-21-11-12-23(30)22(29)14-21/h7-12,14-18H,2-6,13H2,1H3,(H,31,35)/t17-,18-. The fourth-order valence-corrected chi connectivity index (χ4v) is 6.03. The van der Waals surface area contributed by atoms with E-state index in [1.165, 1.54) is 35.1 Å². The maximum Gasteiger partial charge on any atom is 0.306 e. The van der Waals surface area contributed by atoms with Crippen molar-refractivity contribution in [2.75, 3.05) is 11.9 Å². The maximum absolute atomic E-state index is 13.4. The molecule has 4 aromatic rings. The third-order valence-corrected chi connectivity index (χ3v) is 8.18. The van der Waals surface area contributed by atoms with Gasteiger partial charge in [-0.25, -0.2) is 9.37 Å². The molecule has 5 rings (SSSR count). The fraction of sp³-hybridized carbons (Fsp3) is 0.321. The molecule has 2 heterocycles. The average molecular weight is 540 g/mol. The fourth-order valence-electron chi connectivity index (χ4n) is 4.88. The highest BCUT2D eigenvalue weighted by molar-refractivity contribution is 7.20. The zero-order valence-electron chi connectivity index (χ0n) is 20.4. The minimum Gasteiger partial charge on any atom is -0.466 e. The smallest absolute Gasteiger partial charge is 0.306 e. The SMILES string of the molecule is CCOC(=O)C[C@H]1CC[C@H](c2ccc(-c3cn4cc(C(=O)Nc5ccc(F)c(Cl)c5)nc4s3)cc2)CC1. The van der Waals surface area contributed by atoms with Gasteiger partial charge in [0.15, 0.2) is 4.96 Å². The van der Waals surface area contributed by atoms with Gasteiger partial charge in [-0.2, -0.15) is 0 Å². The predicted molar refractivity (Wildman–Crippen MR) is 144 cm³/mol. The van der Waals surface area contributed by atoms with Gasteiger partial charge >= 0.3 is 5.97 Å². The van der Waals surface area contributed by atoms with Crippen LogP contribution in [0.15, 0.2) is 54.9 Å². The molecule has 2 aromatic carbocycles. The molecule has 1 N–H and O–H groups in total. The van der Waals surface area contributed by atoms with Gasteiger partial charge in [0.2, 0.25) is 0 Å². The van der Waals surface area contributed by atoms with Crippen LogP contribution in [0.3, 0.4) is 0 Å². The van der Waals surface area contributed by atoms with Crippen LogP contribution in [0, 0.1) is 11.7 Å². The Morgan fingerprint density at radius 3 is 2.57 bits per heavy atom. The number of aromatic nitrogens is 2. The topological polar surface area (TPSA) is 72.7 Å². The summed E-state index contributed by atoms with van der Waals surface area (Å²) in [5.74, 6) is -0.0617. The maximum atomic E-state index is 13.4. The van der Waals surface area contributed by atoms with Gasteiger partial charge in [0.25, 0.3) is 5.91 Å². The van der Waals surface area contributed by atoms with Crippen molar-refractivity contribution in [3.05, 3.63) is 77.0 Å². The summed E-state index contributed by atoms with van der Waals surface area (Å²) in [7, 11) is 0. The third kappa shape index (κ3) is 5.86. The van der Waals surface area contributed by atoms with E-state index in [-0.39, 0.29) is 22.6 Å². The molecule has 2 aromatic heterocycles. The summed E-state index contributed by atoms with van der Waals surface area (Å²) in [5.41, 5.74) is 3.11. The molecule has 0 spiro atoms. The highest BCUT2D eigenvalue weighted by Gasteiger charge is 2.24. The first-order valence-corrected chi connectivity index (χ1v) is 13.6. The second-order valence-electron chi connectivity index (χ2n) is 9.34. The van der Waals surface area contributed by atoms with E-state index >= 15 is 0 Å². The molecular weight excluding hydrogens is 513 g/mol. The van der Waals surface area contributed by atoms with E-state index in [1.807, 2.05) is 17.5 Å². The van der Waals surface area contributed by atoms with Crippen LogP contribution in [0.25, 0.3) is 15.4 Å².